The van der Waals surface area contributed by atoms with Crippen LogP contribution in [0.5, 0.6) is 0 Å². The molecule has 3 atom stereocenters. The zero-order valence-electron chi connectivity index (χ0n) is 19.0. The minimum atomic E-state index is -2.10. The Kier molecular flexibility index (Phi) is 7.07. The lowest BCUT2D eigenvalue weighted by atomic mass is 9.87. The Labute approximate surface area is 174 Å². The average molecular weight is 404 g/mol. The van der Waals surface area contributed by atoms with Gasteiger partial charge in [0.25, 0.3) is 8.48 Å². The second-order valence-corrected chi connectivity index (χ2v) is 14.1. The Hall–Kier alpha value is -0.683. The molecule has 0 aromatic heterocycles. The summed E-state index contributed by atoms with van der Waals surface area (Å²) in [5, 5.41) is 0. The highest BCUT2D eigenvalue weighted by atomic mass is 28.4. The van der Waals surface area contributed by atoms with Gasteiger partial charge in [-0.1, -0.05) is 64.3 Å². The van der Waals surface area contributed by atoms with Crippen molar-refractivity contribution >= 4 is 8.48 Å². The third-order valence-corrected chi connectivity index (χ3v) is 11.7. The van der Waals surface area contributed by atoms with Crippen molar-refractivity contribution in [2.75, 3.05) is 20.2 Å². The molecule has 1 aliphatic heterocycles. The van der Waals surface area contributed by atoms with Crippen LogP contribution in [0.3, 0.4) is 0 Å². The lowest BCUT2D eigenvalue weighted by molar-refractivity contribution is -0.0534. The van der Waals surface area contributed by atoms with E-state index >= 15 is 0 Å². The molecule has 3 unspecified atom stereocenters. The molecular weight excluding hydrogens is 362 g/mol. The molecule has 28 heavy (non-hydrogen) atoms. The smallest absolute Gasteiger partial charge is 0.278 e. The molecular formula is C24H41NO2Si. The van der Waals surface area contributed by atoms with E-state index in [2.05, 4.69) is 63.4 Å². The molecule has 3 nitrogen and oxygen atoms in total. The molecule has 2 fully saturated rings. The van der Waals surface area contributed by atoms with Gasteiger partial charge in [0, 0.05) is 26.2 Å². The van der Waals surface area contributed by atoms with Gasteiger partial charge in [-0.15, -0.1) is 0 Å². The lowest BCUT2D eigenvalue weighted by Crippen LogP contribution is -2.66. The first-order chi connectivity index (χ1) is 13.2. The number of morpholine rings is 1. The Balaban J connectivity index is 1.91. The van der Waals surface area contributed by atoms with Crippen molar-refractivity contribution in [1.82, 2.24) is 4.57 Å². The van der Waals surface area contributed by atoms with E-state index in [9.17, 15) is 0 Å². The number of ether oxygens (including phenoxy) is 1. The van der Waals surface area contributed by atoms with E-state index in [1.807, 2.05) is 7.11 Å². The van der Waals surface area contributed by atoms with Gasteiger partial charge in [-0.3, -0.25) is 4.57 Å². The molecule has 3 rings (SSSR count). The van der Waals surface area contributed by atoms with Gasteiger partial charge in [0.05, 0.1) is 12.2 Å². The lowest BCUT2D eigenvalue weighted by Gasteiger charge is -2.50. The van der Waals surface area contributed by atoms with Crippen molar-refractivity contribution in [2.45, 2.75) is 95.9 Å². The Morgan fingerprint density at radius 3 is 2.07 bits per heavy atom. The van der Waals surface area contributed by atoms with E-state index < -0.39 is 8.48 Å². The SMILES string of the molecule is CO[Si](Cc1ccc(C(C)(C)C)cc1)(C1CCCCC1)N1CC(C)OC(C)C1. The van der Waals surface area contributed by atoms with Crippen molar-refractivity contribution in [3.8, 4) is 0 Å². The highest BCUT2D eigenvalue weighted by molar-refractivity contribution is 6.72. The van der Waals surface area contributed by atoms with Crippen molar-refractivity contribution in [2.24, 2.45) is 0 Å². The van der Waals surface area contributed by atoms with Crippen LogP contribution in [0.15, 0.2) is 24.3 Å². The Morgan fingerprint density at radius 1 is 1.00 bits per heavy atom. The maximum absolute atomic E-state index is 6.62. The van der Waals surface area contributed by atoms with Gasteiger partial charge in [0.1, 0.15) is 0 Å². The summed E-state index contributed by atoms with van der Waals surface area (Å²) in [5.41, 5.74) is 3.78. The van der Waals surface area contributed by atoms with E-state index in [4.69, 9.17) is 9.16 Å². The van der Waals surface area contributed by atoms with E-state index in [-0.39, 0.29) is 17.6 Å². The molecule has 0 radical (unpaired) electrons. The van der Waals surface area contributed by atoms with E-state index in [1.54, 1.807) is 0 Å². The van der Waals surface area contributed by atoms with Gasteiger partial charge in [-0.05, 0) is 48.8 Å². The molecule has 0 bridgehead atoms. The van der Waals surface area contributed by atoms with Crippen molar-refractivity contribution in [3.63, 3.8) is 0 Å². The van der Waals surface area contributed by atoms with Crippen molar-refractivity contribution in [3.05, 3.63) is 35.4 Å². The molecule has 2 aliphatic rings. The third-order valence-electron chi connectivity index (χ3n) is 6.83. The first-order valence-electron chi connectivity index (χ1n) is 11.3. The molecule has 1 saturated heterocycles. The van der Waals surface area contributed by atoms with Crippen LogP contribution in [-0.4, -0.2) is 45.5 Å². The summed E-state index contributed by atoms with van der Waals surface area (Å²) in [6.07, 6.45) is 7.36. The van der Waals surface area contributed by atoms with Gasteiger partial charge >= 0.3 is 0 Å². The summed E-state index contributed by atoms with van der Waals surface area (Å²) in [4.78, 5) is 0. The van der Waals surface area contributed by atoms with Gasteiger partial charge in [-0.2, -0.15) is 0 Å². The van der Waals surface area contributed by atoms with Crippen LogP contribution in [0, 0.1) is 0 Å². The minimum absolute atomic E-state index is 0.201. The Morgan fingerprint density at radius 2 is 1.57 bits per heavy atom. The van der Waals surface area contributed by atoms with Crippen LogP contribution in [0.4, 0.5) is 0 Å². The summed E-state index contributed by atoms with van der Waals surface area (Å²) in [6, 6.07) is 10.5. The van der Waals surface area contributed by atoms with Crippen LogP contribution < -0.4 is 0 Å². The van der Waals surface area contributed by atoms with Crippen molar-refractivity contribution < 1.29 is 9.16 Å². The van der Waals surface area contributed by atoms with Gasteiger partial charge < -0.3 is 9.16 Å². The zero-order chi connectivity index (χ0) is 20.4. The summed E-state index contributed by atoms with van der Waals surface area (Å²) < 4.78 is 15.4. The van der Waals surface area contributed by atoms with Gasteiger partial charge in [0.2, 0.25) is 0 Å². The molecule has 0 spiro atoms. The second kappa shape index (κ2) is 8.99. The number of benzene rings is 1. The maximum Gasteiger partial charge on any atom is 0.278 e. The van der Waals surface area contributed by atoms with Gasteiger partial charge in [-0.25, -0.2) is 0 Å². The third kappa shape index (κ3) is 4.89. The number of hydrogen-bond acceptors (Lipinski definition) is 3. The fourth-order valence-corrected chi connectivity index (χ4v) is 10.4. The first kappa shape index (κ1) is 22.0. The molecule has 158 valence electrons. The normalized spacial score (nSPS) is 27.5. The predicted octanol–water partition coefficient (Wildman–Crippen LogP) is 5.60. The van der Waals surface area contributed by atoms with Crippen LogP contribution in [0.25, 0.3) is 0 Å². The topological polar surface area (TPSA) is 21.7 Å². The minimum Gasteiger partial charge on any atom is -0.406 e. The predicted molar refractivity (Wildman–Crippen MR) is 120 cm³/mol. The molecule has 0 N–H and O–H groups in total. The largest absolute Gasteiger partial charge is 0.406 e. The van der Waals surface area contributed by atoms with E-state index in [0.717, 1.165) is 24.7 Å². The Bertz CT molecular complexity index is 610. The van der Waals surface area contributed by atoms with Crippen molar-refractivity contribution in [1.29, 1.82) is 0 Å². The molecule has 0 amide bonds. The highest BCUT2D eigenvalue weighted by Gasteiger charge is 2.50. The first-order valence-corrected chi connectivity index (χ1v) is 13.4. The van der Waals surface area contributed by atoms with Crippen LogP contribution in [0.1, 0.15) is 77.8 Å². The van der Waals surface area contributed by atoms with Gasteiger partial charge in [0.15, 0.2) is 0 Å². The standard InChI is InChI=1S/C24H41NO2Si/c1-19-16-25(17-20(2)27-19)28(26-6,23-10-8-7-9-11-23)18-21-12-14-22(15-13-21)24(3,4)5/h12-15,19-20,23H,7-11,16-18H2,1-6H3. The fourth-order valence-electron chi connectivity index (χ4n) is 5.34. The summed E-state index contributed by atoms with van der Waals surface area (Å²) in [6.45, 7) is 13.3. The quantitative estimate of drug-likeness (QED) is 0.598. The van der Waals surface area contributed by atoms with Crippen LogP contribution in [0.2, 0.25) is 5.54 Å². The van der Waals surface area contributed by atoms with E-state index in [0.29, 0.717) is 0 Å². The number of rotatable bonds is 5. The summed E-state index contributed by atoms with van der Waals surface area (Å²) in [7, 11) is -0.107. The molecule has 1 saturated carbocycles. The highest BCUT2D eigenvalue weighted by Crippen LogP contribution is 2.42. The van der Waals surface area contributed by atoms with Crippen LogP contribution in [-0.2, 0) is 20.6 Å². The average Bonchev–Trinajstić information content (AvgIpc) is 2.66. The summed E-state index contributed by atoms with van der Waals surface area (Å²) in [5.74, 6) is 0. The number of nitrogens with zero attached hydrogens (tertiary/aromatic N) is 1. The summed E-state index contributed by atoms with van der Waals surface area (Å²) >= 11 is 0. The second-order valence-electron chi connectivity index (χ2n) is 10.2. The number of hydrogen-bond donors (Lipinski definition) is 0. The van der Waals surface area contributed by atoms with E-state index in [1.165, 1.54) is 43.2 Å². The molecule has 4 heteroatoms. The maximum atomic E-state index is 6.62. The molecule has 1 aromatic rings. The fraction of sp³-hybridized carbons (Fsp3) is 0.750. The zero-order valence-corrected chi connectivity index (χ0v) is 20.0. The molecule has 1 aromatic carbocycles. The van der Waals surface area contributed by atoms with Crippen LogP contribution >= 0.6 is 0 Å². The molecule has 1 heterocycles. The molecule has 1 aliphatic carbocycles. The monoisotopic (exact) mass is 403 g/mol.